The average molecular weight is 254 g/mol. The third kappa shape index (κ3) is 3.66. The summed E-state index contributed by atoms with van der Waals surface area (Å²) in [7, 11) is 4.06. The second kappa shape index (κ2) is 6.50. The Hall–Kier alpha value is -1.64. The van der Waals surface area contributed by atoms with Gasteiger partial charge >= 0.3 is 0 Å². The fraction of sp³-hybridized carbons (Fsp3) is 0.294. The fourth-order valence-corrected chi connectivity index (χ4v) is 2.57. The van der Waals surface area contributed by atoms with Gasteiger partial charge in [-0.3, -0.25) is 10.4 Å². The van der Waals surface area contributed by atoms with Crippen molar-refractivity contribution in [3.8, 4) is 0 Å². The Kier molecular flexibility index (Phi) is 4.72. The van der Waals surface area contributed by atoms with E-state index in [2.05, 4.69) is 73.0 Å². The lowest BCUT2D eigenvalue weighted by molar-refractivity contribution is 0.239. The first kappa shape index (κ1) is 13.8. The molecule has 100 valence electrons. The first-order valence-electron chi connectivity index (χ1n) is 6.72. The molecular formula is C17H22N2. The standard InChI is InChI=1S/C17H22N2/c1-14(18-19(2)3)17(15-10-6-4-7-11-15)16-12-8-5-9-13-16/h4-14,17-18H,1-3H3. The van der Waals surface area contributed by atoms with Crippen LogP contribution in [-0.2, 0) is 0 Å². The maximum atomic E-state index is 3.47. The third-order valence-corrected chi connectivity index (χ3v) is 3.28. The highest BCUT2D eigenvalue weighted by molar-refractivity contribution is 5.33. The van der Waals surface area contributed by atoms with Crippen LogP contribution in [0.4, 0.5) is 0 Å². The normalized spacial score (nSPS) is 12.9. The summed E-state index contributed by atoms with van der Waals surface area (Å²) in [6.07, 6.45) is 0. The molecule has 0 spiro atoms. The van der Waals surface area contributed by atoms with Gasteiger partial charge < -0.3 is 0 Å². The predicted molar refractivity (Wildman–Crippen MR) is 81.0 cm³/mol. The average Bonchev–Trinajstić information content (AvgIpc) is 2.40. The highest BCUT2D eigenvalue weighted by Gasteiger charge is 2.21. The van der Waals surface area contributed by atoms with Gasteiger partial charge in [-0.05, 0) is 18.1 Å². The van der Waals surface area contributed by atoms with Crippen molar-refractivity contribution in [2.45, 2.75) is 18.9 Å². The maximum Gasteiger partial charge on any atom is 0.0296 e. The summed E-state index contributed by atoms with van der Waals surface area (Å²) in [6, 6.07) is 21.7. The molecule has 1 unspecified atom stereocenters. The quantitative estimate of drug-likeness (QED) is 0.824. The van der Waals surface area contributed by atoms with Crippen molar-refractivity contribution in [2.75, 3.05) is 14.1 Å². The van der Waals surface area contributed by atoms with Gasteiger partial charge in [0, 0.05) is 26.1 Å². The molecule has 0 saturated carbocycles. The van der Waals surface area contributed by atoms with Crippen molar-refractivity contribution >= 4 is 0 Å². The monoisotopic (exact) mass is 254 g/mol. The van der Waals surface area contributed by atoms with Crippen LogP contribution in [0.3, 0.4) is 0 Å². The Bertz CT molecular complexity index is 440. The molecule has 19 heavy (non-hydrogen) atoms. The van der Waals surface area contributed by atoms with E-state index in [4.69, 9.17) is 0 Å². The zero-order valence-electron chi connectivity index (χ0n) is 11.9. The molecule has 2 heteroatoms. The van der Waals surface area contributed by atoms with Crippen molar-refractivity contribution in [3.63, 3.8) is 0 Å². The van der Waals surface area contributed by atoms with Crippen LogP contribution in [0.2, 0.25) is 0 Å². The summed E-state index contributed by atoms with van der Waals surface area (Å²) in [5, 5.41) is 2.02. The van der Waals surface area contributed by atoms with Gasteiger partial charge in [0.15, 0.2) is 0 Å². The van der Waals surface area contributed by atoms with Crippen LogP contribution in [0.1, 0.15) is 24.0 Å². The van der Waals surface area contributed by atoms with Crippen LogP contribution in [-0.4, -0.2) is 25.1 Å². The van der Waals surface area contributed by atoms with E-state index in [1.165, 1.54) is 11.1 Å². The van der Waals surface area contributed by atoms with Gasteiger partial charge in [-0.1, -0.05) is 60.7 Å². The van der Waals surface area contributed by atoms with Crippen LogP contribution in [0, 0.1) is 0 Å². The molecule has 0 fully saturated rings. The first-order valence-corrected chi connectivity index (χ1v) is 6.72. The Morgan fingerprint density at radius 3 is 1.58 bits per heavy atom. The second-order valence-electron chi connectivity index (χ2n) is 5.11. The van der Waals surface area contributed by atoms with Crippen molar-refractivity contribution in [1.82, 2.24) is 10.4 Å². The predicted octanol–water partition coefficient (Wildman–Crippen LogP) is 3.27. The minimum atomic E-state index is 0.333. The summed E-state index contributed by atoms with van der Waals surface area (Å²) in [5.74, 6) is 0.352. The van der Waals surface area contributed by atoms with Crippen LogP contribution >= 0.6 is 0 Å². The van der Waals surface area contributed by atoms with Crippen molar-refractivity contribution < 1.29 is 0 Å². The van der Waals surface area contributed by atoms with Gasteiger partial charge in [0.1, 0.15) is 0 Å². The highest BCUT2D eigenvalue weighted by Crippen LogP contribution is 2.27. The Morgan fingerprint density at radius 1 is 0.789 bits per heavy atom. The number of hydrogen-bond donors (Lipinski definition) is 1. The molecule has 1 atom stereocenters. The molecule has 2 rings (SSSR count). The molecule has 2 nitrogen and oxygen atoms in total. The third-order valence-electron chi connectivity index (χ3n) is 3.28. The molecule has 0 bridgehead atoms. The minimum Gasteiger partial charge on any atom is -0.252 e. The highest BCUT2D eigenvalue weighted by atomic mass is 15.5. The molecule has 2 aromatic carbocycles. The summed E-state index contributed by atoms with van der Waals surface area (Å²) < 4.78 is 0. The maximum absolute atomic E-state index is 3.47. The summed E-state index contributed by atoms with van der Waals surface area (Å²) >= 11 is 0. The van der Waals surface area contributed by atoms with Gasteiger partial charge in [-0.25, -0.2) is 0 Å². The van der Waals surface area contributed by atoms with Crippen LogP contribution < -0.4 is 5.43 Å². The van der Waals surface area contributed by atoms with E-state index in [1.54, 1.807) is 0 Å². The Labute approximate surface area is 116 Å². The van der Waals surface area contributed by atoms with E-state index < -0.39 is 0 Å². The number of benzene rings is 2. The topological polar surface area (TPSA) is 15.3 Å². The summed E-state index contributed by atoms with van der Waals surface area (Å²) in [4.78, 5) is 0. The lowest BCUT2D eigenvalue weighted by Gasteiger charge is -2.28. The van der Waals surface area contributed by atoms with Crippen molar-refractivity contribution in [1.29, 1.82) is 0 Å². The van der Waals surface area contributed by atoms with Crippen molar-refractivity contribution in [3.05, 3.63) is 71.8 Å². The van der Waals surface area contributed by atoms with Gasteiger partial charge in [0.05, 0.1) is 0 Å². The van der Waals surface area contributed by atoms with E-state index in [0.29, 0.717) is 12.0 Å². The van der Waals surface area contributed by atoms with Gasteiger partial charge in [-0.15, -0.1) is 0 Å². The first-order chi connectivity index (χ1) is 9.18. The summed E-state index contributed by atoms with van der Waals surface area (Å²) in [6.45, 7) is 2.23. The Balaban J connectivity index is 2.34. The number of hydrazine groups is 1. The van der Waals surface area contributed by atoms with Gasteiger partial charge in [0.25, 0.3) is 0 Å². The van der Waals surface area contributed by atoms with E-state index in [9.17, 15) is 0 Å². The van der Waals surface area contributed by atoms with Gasteiger partial charge in [0.2, 0.25) is 0 Å². The van der Waals surface area contributed by atoms with Gasteiger partial charge in [-0.2, -0.15) is 0 Å². The van der Waals surface area contributed by atoms with Crippen LogP contribution in [0.5, 0.6) is 0 Å². The van der Waals surface area contributed by atoms with Crippen molar-refractivity contribution in [2.24, 2.45) is 0 Å². The molecule has 0 radical (unpaired) electrons. The molecule has 2 aromatic rings. The zero-order chi connectivity index (χ0) is 13.7. The molecule has 1 N–H and O–H groups in total. The Morgan fingerprint density at radius 2 is 1.21 bits per heavy atom. The van der Waals surface area contributed by atoms with E-state index in [-0.39, 0.29) is 0 Å². The van der Waals surface area contributed by atoms with Crippen LogP contribution in [0.25, 0.3) is 0 Å². The smallest absolute Gasteiger partial charge is 0.0296 e. The SMILES string of the molecule is CC(NN(C)C)C(c1ccccc1)c1ccccc1. The van der Waals surface area contributed by atoms with E-state index >= 15 is 0 Å². The molecule has 0 aliphatic rings. The van der Waals surface area contributed by atoms with Crippen LogP contribution in [0.15, 0.2) is 60.7 Å². The number of nitrogens with zero attached hydrogens (tertiary/aromatic N) is 1. The molecule has 0 aliphatic carbocycles. The molecule has 0 heterocycles. The lowest BCUT2D eigenvalue weighted by atomic mass is 9.86. The van der Waals surface area contributed by atoms with E-state index in [1.807, 2.05) is 19.1 Å². The molecule has 0 saturated heterocycles. The molecule has 0 aliphatic heterocycles. The molecular weight excluding hydrogens is 232 g/mol. The minimum absolute atomic E-state index is 0.333. The molecule has 0 amide bonds. The number of rotatable bonds is 5. The number of nitrogens with one attached hydrogen (secondary N) is 1. The lowest BCUT2D eigenvalue weighted by Crippen LogP contribution is -2.41. The fourth-order valence-electron chi connectivity index (χ4n) is 2.57. The number of hydrogen-bond acceptors (Lipinski definition) is 2. The summed E-state index contributed by atoms with van der Waals surface area (Å²) in [5.41, 5.74) is 6.16. The zero-order valence-corrected chi connectivity index (χ0v) is 11.9. The second-order valence-corrected chi connectivity index (χ2v) is 5.11. The molecule has 0 aromatic heterocycles. The largest absolute Gasteiger partial charge is 0.252 e. The van der Waals surface area contributed by atoms with E-state index in [0.717, 1.165) is 0 Å².